The number of nitrogens with zero attached hydrogens (tertiary/aromatic N) is 5. The van der Waals surface area contributed by atoms with E-state index in [2.05, 4.69) is 276 Å². The van der Waals surface area contributed by atoms with E-state index in [1.165, 1.54) is 22.3 Å². The van der Waals surface area contributed by atoms with Crippen molar-refractivity contribution < 1.29 is 0 Å². The Balaban J connectivity index is 1.41. The molecule has 0 aliphatic carbocycles. The monoisotopic (exact) mass is 1060 g/mol. The highest BCUT2D eigenvalue weighted by Crippen LogP contribution is 2.54. The molecule has 5 nitrogen and oxygen atoms in total. The van der Waals surface area contributed by atoms with Gasteiger partial charge in [0.25, 0.3) is 0 Å². The molecule has 4 aromatic heterocycles. The van der Waals surface area contributed by atoms with Crippen molar-refractivity contribution in [1.29, 1.82) is 5.26 Å². The highest BCUT2D eigenvalue weighted by Gasteiger charge is 2.37. The second kappa shape index (κ2) is 19.6. The summed E-state index contributed by atoms with van der Waals surface area (Å²) in [6, 6.07) is 71.2. The zero-order valence-corrected chi connectivity index (χ0v) is 48.9. The third-order valence-electron chi connectivity index (χ3n) is 17.6. The summed E-state index contributed by atoms with van der Waals surface area (Å²) in [5.41, 5.74) is 23.9. The van der Waals surface area contributed by atoms with Gasteiger partial charge in [-0.15, -0.1) is 0 Å². The van der Waals surface area contributed by atoms with Gasteiger partial charge in [0, 0.05) is 48.7 Å². The average molecular weight is 1060 g/mol. The van der Waals surface area contributed by atoms with Crippen molar-refractivity contribution in [3.05, 3.63) is 226 Å². The average Bonchev–Trinajstić information content (AvgIpc) is 4.39. The molecule has 82 heavy (non-hydrogen) atoms. The molecule has 0 N–H and O–H groups in total. The predicted octanol–water partition coefficient (Wildman–Crippen LogP) is 20.4. The van der Waals surface area contributed by atoms with E-state index in [4.69, 9.17) is 0 Å². The smallest absolute Gasteiger partial charge is 0.104 e. The van der Waals surface area contributed by atoms with Crippen LogP contribution in [0.1, 0.15) is 86.1 Å². The molecule has 14 rings (SSSR count). The van der Waals surface area contributed by atoms with E-state index in [-0.39, 0.29) is 0 Å². The lowest BCUT2D eigenvalue weighted by Gasteiger charge is -2.31. The molecular formula is C77H69N5. The highest BCUT2D eigenvalue weighted by molar-refractivity contribution is 6.18. The maximum Gasteiger partial charge on any atom is 0.104 e. The third-order valence-corrected chi connectivity index (χ3v) is 17.6. The summed E-state index contributed by atoms with van der Waals surface area (Å²) < 4.78 is 10.2. The molecule has 0 unspecified atom stereocenters. The second-order valence-corrected chi connectivity index (χ2v) is 24.6. The maximum absolute atomic E-state index is 13.3. The fraction of sp³-hybridized carbons (Fsp3) is 0.208. The summed E-state index contributed by atoms with van der Waals surface area (Å²) in [4.78, 5) is 0. The van der Waals surface area contributed by atoms with Crippen LogP contribution in [0.5, 0.6) is 0 Å². The van der Waals surface area contributed by atoms with Gasteiger partial charge in [0.2, 0.25) is 0 Å². The molecule has 5 heteroatoms. The number of benzene rings is 10. The van der Waals surface area contributed by atoms with E-state index in [0.717, 1.165) is 157 Å². The van der Waals surface area contributed by atoms with E-state index < -0.39 is 0 Å². The molecule has 0 bridgehead atoms. The molecule has 10 aromatic carbocycles. The van der Waals surface area contributed by atoms with Gasteiger partial charge >= 0.3 is 0 Å². The normalized spacial score (nSPS) is 12.2. The van der Waals surface area contributed by atoms with Gasteiger partial charge in [-0.3, -0.25) is 0 Å². The summed E-state index contributed by atoms with van der Waals surface area (Å²) in [7, 11) is 0. The third kappa shape index (κ3) is 7.64. The molecule has 402 valence electrons. The number of hydrogen-bond donors (Lipinski definition) is 0. The van der Waals surface area contributed by atoms with Gasteiger partial charge in [-0.05, 0) is 133 Å². The van der Waals surface area contributed by atoms with E-state index >= 15 is 0 Å². The summed E-state index contributed by atoms with van der Waals surface area (Å²) in [6.45, 7) is 23.2. The van der Waals surface area contributed by atoms with Crippen LogP contribution < -0.4 is 0 Å². The molecule has 14 aromatic rings. The fourth-order valence-corrected chi connectivity index (χ4v) is 14.5. The molecule has 0 amide bonds. The van der Waals surface area contributed by atoms with Crippen molar-refractivity contribution in [2.45, 2.75) is 88.5 Å². The lowest BCUT2D eigenvalue weighted by Crippen LogP contribution is -2.18. The van der Waals surface area contributed by atoms with Gasteiger partial charge in [-0.25, -0.2) is 0 Å². The van der Waals surface area contributed by atoms with Gasteiger partial charge in [-0.1, -0.05) is 199 Å². The Morgan fingerprint density at radius 3 is 0.939 bits per heavy atom. The van der Waals surface area contributed by atoms with Gasteiger partial charge in [0.15, 0.2) is 0 Å². The first-order valence-electron chi connectivity index (χ1n) is 29.6. The molecule has 0 radical (unpaired) electrons. The van der Waals surface area contributed by atoms with Gasteiger partial charge < -0.3 is 18.3 Å². The molecule has 0 atom stereocenters. The SMILES string of the molecule is Cc1cccc2c3cccc(C)c3n(-c3c(C#N)c(-n4c5c(C)cccc5c5cccc(C)c54)c(-n4c5ccccc5c5ccccc54)c(-c4cc(CC(C)C)c(CC(C)C)cc4CC(C)C)c3-n3c4ccccc4c4ccccc43)c12. The topological polar surface area (TPSA) is 43.5 Å². The number of nitriles is 1. The minimum absolute atomic E-state index is 0.331. The number of hydrogen-bond acceptors (Lipinski definition) is 1. The van der Waals surface area contributed by atoms with Crippen molar-refractivity contribution in [1.82, 2.24) is 18.3 Å². The van der Waals surface area contributed by atoms with Crippen LogP contribution in [0.3, 0.4) is 0 Å². The van der Waals surface area contributed by atoms with E-state index in [1.807, 2.05) is 0 Å². The standard InChI is InChI=1S/C77H69N5/c1-45(2)39-52-42-54(41-47(5)6)63(43-53(52)40-46(3)4)69-76(79-65-35-15-11-27-55(65)56-28-12-16-36-66(56)79)74(81-70-48(7)23-19-31-59(70)60-32-20-24-49(8)71(60)81)64(44-78)75(77(69)80-67-37-17-13-29-57(67)58-30-14-18-38-68(58)80)82-72-50(9)25-21-33-61(72)62-34-22-26-51(10)73(62)82/h11-38,42-43,45-47H,39-41H2,1-10H3. The van der Waals surface area contributed by atoms with Crippen LogP contribution in [-0.4, -0.2) is 18.3 Å². The van der Waals surface area contributed by atoms with Crippen LogP contribution in [0, 0.1) is 56.8 Å². The van der Waals surface area contributed by atoms with Crippen LogP contribution in [0.25, 0.3) is 121 Å². The molecule has 0 aliphatic rings. The summed E-state index contributed by atoms with van der Waals surface area (Å²) >= 11 is 0. The number of aryl methyl sites for hydroxylation is 4. The fourth-order valence-electron chi connectivity index (χ4n) is 14.5. The number of rotatable bonds is 11. The minimum Gasteiger partial charge on any atom is -0.306 e. The molecule has 4 heterocycles. The van der Waals surface area contributed by atoms with Crippen molar-refractivity contribution in [3.63, 3.8) is 0 Å². The molecule has 0 fully saturated rings. The zero-order chi connectivity index (χ0) is 56.4. The first-order valence-corrected chi connectivity index (χ1v) is 29.6. The van der Waals surface area contributed by atoms with Crippen molar-refractivity contribution in [2.24, 2.45) is 17.8 Å². The highest BCUT2D eigenvalue weighted by atomic mass is 15.1. The van der Waals surface area contributed by atoms with Crippen LogP contribution in [0.15, 0.2) is 182 Å². The first-order chi connectivity index (χ1) is 39.8. The Bertz CT molecular complexity index is 4500. The van der Waals surface area contributed by atoms with Crippen LogP contribution >= 0.6 is 0 Å². The Morgan fingerprint density at radius 2 is 0.622 bits per heavy atom. The van der Waals surface area contributed by atoms with E-state index in [0.29, 0.717) is 23.3 Å². The van der Waals surface area contributed by atoms with E-state index in [1.54, 1.807) is 0 Å². The first kappa shape index (κ1) is 51.1. The van der Waals surface area contributed by atoms with Crippen molar-refractivity contribution in [3.8, 4) is 39.9 Å². The van der Waals surface area contributed by atoms with Crippen LogP contribution in [-0.2, 0) is 19.3 Å². The zero-order valence-electron chi connectivity index (χ0n) is 48.9. The summed E-state index contributed by atoms with van der Waals surface area (Å²) in [5, 5.41) is 22.5. The summed E-state index contributed by atoms with van der Waals surface area (Å²) in [6.07, 6.45) is 2.77. The lowest BCUT2D eigenvalue weighted by molar-refractivity contribution is 0.612. The number of para-hydroxylation sites is 8. The Kier molecular flexibility index (Phi) is 12.2. The number of aromatic nitrogens is 4. The molecular weight excluding hydrogens is 995 g/mol. The molecule has 0 aliphatic heterocycles. The summed E-state index contributed by atoms with van der Waals surface area (Å²) in [5.74, 6) is 1.20. The molecule has 0 saturated carbocycles. The quantitative estimate of drug-likeness (QED) is 0.127. The van der Waals surface area contributed by atoms with Crippen LogP contribution in [0.2, 0.25) is 0 Å². The predicted molar refractivity (Wildman–Crippen MR) is 349 cm³/mol. The van der Waals surface area contributed by atoms with E-state index in [9.17, 15) is 5.26 Å². The van der Waals surface area contributed by atoms with Gasteiger partial charge in [0.1, 0.15) is 11.6 Å². The number of fused-ring (bicyclic) bond motifs is 12. The maximum atomic E-state index is 13.3. The second-order valence-electron chi connectivity index (χ2n) is 24.6. The molecule has 0 saturated heterocycles. The van der Waals surface area contributed by atoms with Gasteiger partial charge in [-0.2, -0.15) is 5.26 Å². The van der Waals surface area contributed by atoms with Crippen molar-refractivity contribution in [2.75, 3.05) is 0 Å². The Morgan fingerprint density at radius 1 is 0.329 bits per heavy atom. The Labute approximate surface area is 480 Å². The van der Waals surface area contributed by atoms with Crippen LogP contribution in [0.4, 0.5) is 0 Å². The Hall–Kier alpha value is -9.11. The largest absolute Gasteiger partial charge is 0.306 e. The lowest BCUT2D eigenvalue weighted by atomic mass is 9.83. The van der Waals surface area contributed by atoms with Crippen molar-refractivity contribution >= 4 is 87.2 Å². The molecule has 0 spiro atoms. The minimum atomic E-state index is 0.331. The van der Waals surface area contributed by atoms with Gasteiger partial charge in [0.05, 0.1) is 66.9 Å².